The minimum absolute atomic E-state index is 0.146. The normalized spacial score (nSPS) is 11.1. The maximum atomic E-state index is 12.0. The lowest BCUT2D eigenvalue weighted by molar-refractivity contribution is -0.116. The highest BCUT2D eigenvalue weighted by Gasteiger charge is 2.11. The van der Waals surface area contributed by atoms with Gasteiger partial charge in [0.2, 0.25) is 5.91 Å². The highest BCUT2D eigenvalue weighted by Crippen LogP contribution is 2.20. The van der Waals surface area contributed by atoms with Crippen LogP contribution >= 0.6 is 11.3 Å². The first kappa shape index (κ1) is 19.1. The van der Waals surface area contributed by atoms with E-state index in [1.54, 1.807) is 25.1 Å². The van der Waals surface area contributed by atoms with Crippen LogP contribution in [0.4, 0.5) is 5.69 Å². The molecule has 6 nitrogen and oxygen atoms in total. The Hall–Kier alpha value is -2.19. The van der Waals surface area contributed by atoms with Crippen LogP contribution in [-0.4, -0.2) is 33.0 Å². The highest BCUT2D eigenvalue weighted by molar-refractivity contribution is 7.90. The minimum Gasteiger partial charge on any atom is -0.351 e. The molecule has 2 rings (SSSR count). The van der Waals surface area contributed by atoms with E-state index in [-0.39, 0.29) is 23.1 Å². The van der Waals surface area contributed by atoms with Crippen molar-refractivity contribution in [2.45, 2.75) is 24.7 Å². The molecule has 0 radical (unpaired) electrons. The zero-order valence-electron chi connectivity index (χ0n) is 14.0. The van der Waals surface area contributed by atoms with E-state index in [1.165, 1.54) is 23.5 Å². The molecule has 0 aliphatic heterocycles. The number of aryl methyl sites for hydroxylation is 1. The molecule has 25 heavy (non-hydrogen) atoms. The topological polar surface area (TPSA) is 92.3 Å². The number of amides is 2. The summed E-state index contributed by atoms with van der Waals surface area (Å²) in [7, 11) is -3.33. The molecule has 1 aromatic heterocycles. The van der Waals surface area contributed by atoms with Crippen molar-refractivity contribution in [3.8, 4) is 0 Å². The summed E-state index contributed by atoms with van der Waals surface area (Å²) in [6, 6.07) is 8.18. The lowest BCUT2D eigenvalue weighted by atomic mass is 10.2. The van der Waals surface area contributed by atoms with E-state index in [1.807, 2.05) is 5.38 Å². The van der Waals surface area contributed by atoms with Crippen LogP contribution in [0.2, 0.25) is 0 Å². The third-order valence-electron chi connectivity index (χ3n) is 3.52. The summed E-state index contributed by atoms with van der Waals surface area (Å²) >= 11 is 1.36. The van der Waals surface area contributed by atoms with Crippen LogP contribution in [-0.2, 0) is 14.6 Å². The molecule has 0 unspecified atom stereocenters. The van der Waals surface area contributed by atoms with Gasteiger partial charge in [-0.1, -0.05) is 12.1 Å². The Morgan fingerprint density at radius 1 is 1.20 bits per heavy atom. The molecule has 0 aliphatic rings. The standard InChI is InChI=1S/C17H20N2O4S2/c1-12-7-8-13(25(2,22)23)11-14(12)19-16(20)6-3-9-18-17(21)15-5-4-10-24-15/h4-5,7-8,10-11H,3,6,9H2,1-2H3,(H,18,21)(H,19,20). The van der Waals surface area contributed by atoms with Gasteiger partial charge in [0.25, 0.3) is 5.91 Å². The number of anilines is 1. The lowest BCUT2D eigenvalue weighted by Crippen LogP contribution is -2.24. The Balaban J connectivity index is 1.83. The predicted molar refractivity (Wildman–Crippen MR) is 98.8 cm³/mol. The van der Waals surface area contributed by atoms with Crippen molar-refractivity contribution in [1.29, 1.82) is 0 Å². The summed E-state index contributed by atoms with van der Waals surface area (Å²) in [5.41, 5.74) is 1.27. The van der Waals surface area contributed by atoms with Crippen molar-refractivity contribution in [1.82, 2.24) is 5.32 Å². The van der Waals surface area contributed by atoms with E-state index in [0.29, 0.717) is 23.5 Å². The molecule has 2 N–H and O–H groups in total. The van der Waals surface area contributed by atoms with Gasteiger partial charge in [0, 0.05) is 24.9 Å². The van der Waals surface area contributed by atoms with Crippen LogP contribution in [0.1, 0.15) is 28.1 Å². The van der Waals surface area contributed by atoms with Gasteiger partial charge < -0.3 is 10.6 Å². The van der Waals surface area contributed by atoms with Crippen molar-refractivity contribution in [3.63, 3.8) is 0 Å². The number of thiophene rings is 1. The fraction of sp³-hybridized carbons (Fsp3) is 0.294. The Morgan fingerprint density at radius 2 is 1.96 bits per heavy atom. The molecule has 0 saturated heterocycles. The first-order valence-corrected chi connectivity index (χ1v) is 10.5. The zero-order valence-corrected chi connectivity index (χ0v) is 15.7. The molecule has 0 aliphatic carbocycles. The van der Waals surface area contributed by atoms with Crippen LogP contribution in [0.3, 0.4) is 0 Å². The van der Waals surface area contributed by atoms with Gasteiger partial charge in [-0.15, -0.1) is 11.3 Å². The maximum absolute atomic E-state index is 12.0. The number of sulfone groups is 1. The minimum atomic E-state index is -3.33. The number of rotatable bonds is 7. The van der Waals surface area contributed by atoms with Crippen molar-refractivity contribution in [2.75, 3.05) is 18.1 Å². The first-order chi connectivity index (χ1) is 11.8. The second-order valence-corrected chi connectivity index (χ2v) is 8.60. The van der Waals surface area contributed by atoms with Crippen LogP contribution in [0, 0.1) is 6.92 Å². The quantitative estimate of drug-likeness (QED) is 0.722. The smallest absolute Gasteiger partial charge is 0.261 e. The van der Waals surface area contributed by atoms with Gasteiger partial charge in [0.05, 0.1) is 9.77 Å². The first-order valence-electron chi connectivity index (χ1n) is 7.69. The van der Waals surface area contributed by atoms with Gasteiger partial charge in [-0.25, -0.2) is 8.42 Å². The lowest BCUT2D eigenvalue weighted by Gasteiger charge is -2.10. The Morgan fingerprint density at radius 3 is 2.60 bits per heavy atom. The summed E-state index contributed by atoms with van der Waals surface area (Å²) in [5, 5.41) is 7.31. The van der Waals surface area contributed by atoms with Crippen molar-refractivity contribution in [3.05, 3.63) is 46.2 Å². The van der Waals surface area contributed by atoms with Crippen LogP contribution in [0.25, 0.3) is 0 Å². The third-order valence-corrected chi connectivity index (χ3v) is 5.50. The van der Waals surface area contributed by atoms with Crippen LogP contribution < -0.4 is 10.6 Å². The second kappa shape index (κ2) is 8.26. The summed E-state index contributed by atoms with van der Waals surface area (Å²) in [6.07, 6.45) is 1.85. The van der Waals surface area contributed by atoms with E-state index in [9.17, 15) is 18.0 Å². The third kappa shape index (κ3) is 5.68. The van der Waals surface area contributed by atoms with Crippen LogP contribution in [0.5, 0.6) is 0 Å². The molecule has 0 atom stereocenters. The molecule has 134 valence electrons. The van der Waals surface area contributed by atoms with E-state index >= 15 is 0 Å². The molecule has 0 saturated carbocycles. The number of hydrogen-bond donors (Lipinski definition) is 2. The molecule has 2 amide bonds. The maximum Gasteiger partial charge on any atom is 0.261 e. The number of carbonyl (C=O) groups excluding carboxylic acids is 2. The molecule has 1 aromatic carbocycles. The number of hydrogen-bond acceptors (Lipinski definition) is 5. The van der Waals surface area contributed by atoms with Gasteiger partial charge >= 0.3 is 0 Å². The molecular formula is C17H20N2O4S2. The Bertz CT molecular complexity index is 859. The molecular weight excluding hydrogens is 360 g/mol. The number of nitrogens with one attached hydrogen (secondary N) is 2. The van der Waals surface area contributed by atoms with E-state index < -0.39 is 9.84 Å². The summed E-state index contributed by atoms with van der Waals surface area (Å²) in [6.45, 7) is 2.19. The zero-order chi connectivity index (χ0) is 18.4. The second-order valence-electron chi connectivity index (χ2n) is 5.63. The highest BCUT2D eigenvalue weighted by atomic mass is 32.2. The van der Waals surface area contributed by atoms with Crippen LogP contribution in [0.15, 0.2) is 40.6 Å². The SMILES string of the molecule is Cc1ccc(S(C)(=O)=O)cc1NC(=O)CCCNC(=O)c1cccs1. The monoisotopic (exact) mass is 380 g/mol. The summed E-state index contributed by atoms with van der Waals surface area (Å²) in [4.78, 5) is 24.6. The Labute approximate surface area is 151 Å². The van der Waals surface area contributed by atoms with E-state index in [2.05, 4.69) is 10.6 Å². The van der Waals surface area contributed by atoms with Gasteiger partial charge in [0.15, 0.2) is 9.84 Å². The number of carbonyl (C=O) groups is 2. The molecule has 0 fully saturated rings. The largest absolute Gasteiger partial charge is 0.351 e. The molecule has 8 heteroatoms. The molecule has 2 aromatic rings. The average Bonchev–Trinajstić information content (AvgIpc) is 3.07. The van der Waals surface area contributed by atoms with Gasteiger partial charge in [-0.05, 0) is 42.5 Å². The Kier molecular flexibility index (Phi) is 6.33. The fourth-order valence-corrected chi connectivity index (χ4v) is 3.41. The molecule has 0 bridgehead atoms. The number of benzene rings is 1. The van der Waals surface area contributed by atoms with Crippen molar-refractivity contribution >= 4 is 38.7 Å². The predicted octanol–water partition coefficient (Wildman–Crippen LogP) is 2.61. The van der Waals surface area contributed by atoms with E-state index in [0.717, 1.165) is 11.8 Å². The van der Waals surface area contributed by atoms with Crippen molar-refractivity contribution < 1.29 is 18.0 Å². The summed E-state index contributed by atoms with van der Waals surface area (Å²) in [5.74, 6) is -0.369. The fourth-order valence-electron chi connectivity index (χ4n) is 2.12. The average molecular weight is 380 g/mol. The molecule has 1 heterocycles. The summed E-state index contributed by atoms with van der Waals surface area (Å²) < 4.78 is 23.2. The van der Waals surface area contributed by atoms with Crippen molar-refractivity contribution in [2.24, 2.45) is 0 Å². The molecule has 0 spiro atoms. The van der Waals surface area contributed by atoms with Gasteiger partial charge in [-0.2, -0.15) is 0 Å². The van der Waals surface area contributed by atoms with Gasteiger partial charge in [0.1, 0.15) is 0 Å². The van der Waals surface area contributed by atoms with Gasteiger partial charge in [-0.3, -0.25) is 9.59 Å². The van der Waals surface area contributed by atoms with E-state index in [4.69, 9.17) is 0 Å².